The molecule has 1 aliphatic rings. The molecule has 0 saturated carbocycles. The summed E-state index contributed by atoms with van der Waals surface area (Å²) in [6.07, 6.45) is 2.47. The lowest BCUT2D eigenvalue weighted by Gasteiger charge is -2.29. The standard InChI is InChI=1S/C32H31N3O/c1-3-4-19-34-21-25-11-8-12-28-30(18-15-26(22-34)32(25)28)35-31(24-9-6-5-7-10-24)20-29(33-35)23-13-16-27(36-2)17-14-23/h5-18,20H,3-4,19,21-22H2,1-2H3. The highest BCUT2D eigenvalue weighted by Crippen LogP contribution is 2.36. The molecule has 0 atom stereocenters. The quantitative estimate of drug-likeness (QED) is 0.245. The normalized spacial score (nSPS) is 13.3. The van der Waals surface area contributed by atoms with E-state index in [4.69, 9.17) is 9.84 Å². The van der Waals surface area contributed by atoms with Crippen LogP contribution in [-0.2, 0) is 13.1 Å². The fraction of sp³-hybridized carbons (Fsp3) is 0.219. The first kappa shape index (κ1) is 22.6. The average Bonchev–Trinajstić information content (AvgIpc) is 3.38. The first-order chi connectivity index (χ1) is 17.7. The Balaban J connectivity index is 1.50. The number of ether oxygens (including phenoxy) is 1. The third-order valence-corrected chi connectivity index (χ3v) is 7.20. The molecule has 0 fully saturated rings. The Bertz CT molecular complexity index is 1490. The van der Waals surface area contributed by atoms with E-state index in [1.807, 2.05) is 12.1 Å². The Labute approximate surface area is 212 Å². The molecule has 4 nitrogen and oxygen atoms in total. The van der Waals surface area contributed by atoms with Crippen molar-refractivity contribution in [3.63, 3.8) is 0 Å². The van der Waals surface area contributed by atoms with E-state index in [2.05, 4.69) is 95.4 Å². The summed E-state index contributed by atoms with van der Waals surface area (Å²) in [7, 11) is 1.69. The van der Waals surface area contributed by atoms with Gasteiger partial charge in [0.2, 0.25) is 0 Å². The van der Waals surface area contributed by atoms with Gasteiger partial charge in [0.25, 0.3) is 0 Å². The Hall–Kier alpha value is -3.89. The van der Waals surface area contributed by atoms with Gasteiger partial charge in [-0.25, -0.2) is 4.68 Å². The molecule has 0 N–H and O–H groups in total. The summed E-state index contributed by atoms with van der Waals surface area (Å²) in [5.41, 5.74) is 8.20. The highest BCUT2D eigenvalue weighted by Gasteiger charge is 2.22. The van der Waals surface area contributed by atoms with Crippen LogP contribution in [0.4, 0.5) is 0 Å². The summed E-state index contributed by atoms with van der Waals surface area (Å²) in [6.45, 7) is 5.43. The maximum atomic E-state index is 5.36. The third-order valence-electron chi connectivity index (χ3n) is 7.20. The van der Waals surface area contributed by atoms with Gasteiger partial charge >= 0.3 is 0 Å². The predicted molar refractivity (Wildman–Crippen MR) is 148 cm³/mol. The van der Waals surface area contributed by atoms with Crippen LogP contribution >= 0.6 is 0 Å². The minimum Gasteiger partial charge on any atom is -0.497 e. The van der Waals surface area contributed by atoms with Gasteiger partial charge in [-0.1, -0.05) is 67.9 Å². The number of nitrogens with zero attached hydrogens (tertiary/aromatic N) is 3. The molecule has 180 valence electrons. The molecular formula is C32H31N3O. The van der Waals surface area contributed by atoms with Crippen LogP contribution in [0.25, 0.3) is 39.0 Å². The number of unbranched alkanes of at least 4 members (excludes halogenated alkanes) is 1. The molecule has 0 unspecified atom stereocenters. The molecule has 0 bridgehead atoms. The Morgan fingerprint density at radius 1 is 0.806 bits per heavy atom. The van der Waals surface area contributed by atoms with Gasteiger partial charge in [0.05, 0.1) is 24.2 Å². The summed E-state index contributed by atoms with van der Waals surface area (Å²) in [5, 5.41) is 7.81. The molecule has 0 radical (unpaired) electrons. The van der Waals surface area contributed by atoms with E-state index in [1.54, 1.807) is 7.11 Å². The van der Waals surface area contributed by atoms with Gasteiger partial charge < -0.3 is 4.74 Å². The molecular weight excluding hydrogens is 442 g/mol. The van der Waals surface area contributed by atoms with Gasteiger partial charge in [0.15, 0.2) is 0 Å². The van der Waals surface area contributed by atoms with Crippen LogP contribution in [0.3, 0.4) is 0 Å². The maximum Gasteiger partial charge on any atom is 0.118 e. The second-order valence-electron chi connectivity index (χ2n) is 9.57. The predicted octanol–water partition coefficient (Wildman–Crippen LogP) is 7.48. The monoisotopic (exact) mass is 473 g/mol. The second-order valence-corrected chi connectivity index (χ2v) is 9.57. The van der Waals surface area contributed by atoms with E-state index in [9.17, 15) is 0 Å². The maximum absolute atomic E-state index is 5.36. The lowest BCUT2D eigenvalue weighted by molar-refractivity contribution is 0.248. The van der Waals surface area contributed by atoms with Crippen LogP contribution in [0.15, 0.2) is 91.0 Å². The van der Waals surface area contributed by atoms with E-state index in [0.29, 0.717) is 0 Å². The Morgan fingerprint density at radius 2 is 1.58 bits per heavy atom. The average molecular weight is 474 g/mol. The van der Waals surface area contributed by atoms with Crippen molar-refractivity contribution in [1.82, 2.24) is 14.7 Å². The zero-order valence-corrected chi connectivity index (χ0v) is 20.9. The van der Waals surface area contributed by atoms with E-state index in [-0.39, 0.29) is 0 Å². The minimum atomic E-state index is 0.845. The molecule has 0 amide bonds. The molecule has 5 aromatic rings. The van der Waals surface area contributed by atoms with Crippen molar-refractivity contribution >= 4 is 10.8 Å². The van der Waals surface area contributed by atoms with Gasteiger partial charge in [-0.05, 0) is 65.9 Å². The zero-order chi connectivity index (χ0) is 24.5. The van der Waals surface area contributed by atoms with Crippen LogP contribution in [0, 0.1) is 0 Å². The SMILES string of the molecule is CCCCN1Cc2cccc3c(-n4nc(-c5ccc(OC)cc5)cc4-c4ccccc4)ccc(c23)C1. The molecule has 4 heteroatoms. The van der Waals surface area contributed by atoms with Crippen LogP contribution in [0.5, 0.6) is 5.75 Å². The lowest BCUT2D eigenvalue weighted by atomic mass is 9.94. The van der Waals surface area contributed by atoms with Crippen LogP contribution < -0.4 is 4.74 Å². The van der Waals surface area contributed by atoms with Crippen molar-refractivity contribution in [3.8, 4) is 34.0 Å². The fourth-order valence-electron chi connectivity index (χ4n) is 5.35. The van der Waals surface area contributed by atoms with E-state index in [0.717, 1.165) is 53.6 Å². The van der Waals surface area contributed by atoms with Crippen molar-refractivity contribution in [2.75, 3.05) is 13.7 Å². The zero-order valence-electron chi connectivity index (χ0n) is 20.9. The van der Waals surface area contributed by atoms with E-state index >= 15 is 0 Å². The minimum absolute atomic E-state index is 0.845. The first-order valence-corrected chi connectivity index (χ1v) is 12.8. The summed E-state index contributed by atoms with van der Waals surface area (Å²) >= 11 is 0. The molecule has 6 rings (SSSR count). The van der Waals surface area contributed by atoms with Crippen molar-refractivity contribution < 1.29 is 4.74 Å². The van der Waals surface area contributed by atoms with E-state index < -0.39 is 0 Å². The highest BCUT2D eigenvalue weighted by atomic mass is 16.5. The smallest absolute Gasteiger partial charge is 0.118 e. The topological polar surface area (TPSA) is 30.3 Å². The molecule has 2 heterocycles. The van der Waals surface area contributed by atoms with Gasteiger partial charge in [0, 0.05) is 29.6 Å². The number of aromatic nitrogens is 2. The van der Waals surface area contributed by atoms with E-state index in [1.165, 1.54) is 34.7 Å². The number of benzene rings is 4. The molecule has 0 spiro atoms. The number of rotatable bonds is 7. The largest absolute Gasteiger partial charge is 0.497 e. The fourth-order valence-corrected chi connectivity index (χ4v) is 5.35. The Morgan fingerprint density at radius 3 is 2.33 bits per heavy atom. The van der Waals surface area contributed by atoms with Crippen molar-refractivity contribution in [2.24, 2.45) is 0 Å². The van der Waals surface area contributed by atoms with Crippen LogP contribution in [-0.4, -0.2) is 28.3 Å². The lowest BCUT2D eigenvalue weighted by Crippen LogP contribution is -2.27. The van der Waals surface area contributed by atoms with Crippen LogP contribution in [0.2, 0.25) is 0 Å². The van der Waals surface area contributed by atoms with Gasteiger partial charge in [-0.2, -0.15) is 5.10 Å². The number of methoxy groups -OCH3 is 1. The molecule has 36 heavy (non-hydrogen) atoms. The molecule has 0 saturated heterocycles. The highest BCUT2D eigenvalue weighted by molar-refractivity contribution is 5.96. The summed E-state index contributed by atoms with van der Waals surface area (Å²) in [5.74, 6) is 0.845. The van der Waals surface area contributed by atoms with Crippen molar-refractivity contribution in [1.29, 1.82) is 0 Å². The molecule has 1 aliphatic heterocycles. The van der Waals surface area contributed by atoms with Gasteiger partial charge in [-0.15, -0.1) is 0 Å². The molecule has 0 aliphatic carbocycles. The van der Waals surface area contributed by atoms with Gasteiger partial charge in [-0.3, -0.25) is 4.90 Å². The van der Waals surface area contributed by atoms with Crippen molar-refractivity contribution in [3.05, 3.63) is 102 Å². The summed E-state index contributed by atoms with van der Waals surface area (Å²) in [6, 6.07) is 32.2. The second kappa shape index (κ2) is 9.63. The third kappa shape index (κ3) is 4.08. The van der Waals surface area contributed by atoms with Gasteiger partial charge in [0.1, 0.15) is 5.75 Å². The first-order valence-electron chi connectivity index (χ1n) is 12.8. The number of hydrogen-bond donors (Lipinski definition) is 0. The van der Waals surface area contributed by atoms with Crippen LogP contribution in [0.1, 0.15) is 30.9 Å². The van der Waals surface area contributed by atoms with Crippen molar-refractivity contribution in [2.45, 2.75) is 32.9 Å². The summed E-state index contributed by atoms with van der Waals surface area (Å²) in [4.78, 5) is 2.57. The molecule has 4 aromatic carbocycles. The number of hydrogen-bond acceptors (Lipinski definition) is 3. The summed E-state index contributed by atoms with van der Waals surface area (Å²) < 4.78 is 7.49. The molecule has 1 aromatic heterocycles. The Kier molecular flexibility index (Phi) is 6.04.